The van der Waals surface area contributed by atoms with Gasteiger partial charge in [0, 0.05) is 24.8 Å². The maximum absolute atomic E-state index is 11.0. The van der Waals surface area contributed by atoms with Crippen molar-refractivity contribution in [2.45, 2.75) is 12.8 Å². The van der Waals surface area contributed by atoms with Crippen LogP contribution in [0.25, 0.3) is 0 Å². The predicted molar refractivity (Wildman–Crippen MR) is 56.6 cm³/mol. The highest BCUT2D eigenvalue weighted by Crippen LogP contribution is 2.26. The molecule has 1 aliphatic rings. The highest BCUT2D eigenvalue weighted by Gasteiger charge is 2.14. The summed E-state index contributed by atoms with van der Waals surface area (Å²) in [6.07, 6.45) is 2.19. The Balaban J connectivity index is 2.44. The fourth-order valence-corrected chi connectivity index (χ4v) is 1.94. The van der Waals surface area contributed by atoms with Crippen molar-refractivity contribution in [3.05, 3.63) is 29.3 Å². The van der Waals surface area contributed by atoms with Crippen molar-refractivity contribution >= 4 is 11.6 Å². The van der Waals surface area contributed by atoms with Gasteiger partial charge in [-0.15, -0.1) is 0 Å². The van der Waals surface area contributed by atoms with Gasteiger partial charge in [0.2, 0.25) is 5.91 Å². The molecular weight excluding hydrogens is 176 g/mol. The molecule has 3 nitrogen and oxygen atoms in total. The summed E-state index contributed by atoms with van der Waals surface area (Å²) >= 11 is 0. The van der Waals surface area contributed by atoms with Crippen molar-refractivity contribution in [2.75, 3.05) is 18.5 Å². The second-order valence-electron chi connectivity index (χ2n) is 3.73. The topological polar surface area (TPSA) is 46.3 Å². The van der Waals surface area contributed by atoms with Gasteiger partial charge < -0.3 is 10.6 Å². The van der Waals surface area contributed by atoms with Crippen LogP contribution in [0.2, 0.25) is 0 Å². The molecule has 0 radical (unpaired) electrons. The number of nitrogens with zero attached hydrogens (tertiary/aromatic N) is 1. The lowest BCUT2D eigenvalue weighted by molar-refractivity contribution is 0.1000. The van der Waals surface area contributed by atoms with Crippen molar-refractivity contribution in [1.82, 2.24) is 0 Å². The summed E-state index contributed by atoms with van der Waals surface area (Å²) in [5.74, 6) is -0.346. The molecule has 0 unspecified atom stereocenters. The summed E-state index contributed by atoms with van der Waals surface area (Å²) in [5, 5.41) is 0. The van der Waals surface area contributed by atoms with Gasteiger partial charge in [0.05, 0.1) is 0 Å². The van der Waals surface area contributed by atoms with Crippen LogP contribution >= 0.6 is 0 Å². The first-order valence-electron chi connectivity index (χ1n) is 4.82. The van der Waals surface area contributed by atoms with E-state index in [1.807, 2.05) is 12.1 Å². The summed E-state index contributed by atoms with van der Waals surface area (Å²) in [5.41, 5.74) is 8.29. The summed E-state index contributed by atoms with van der Waals surface area (Å²) in [6.45, 7) is 1.09. The van der Waals surface area contributed by atoms with E-state index in [9.17, 15) is 4.79 Å². The zero-order valence-electron chi connectivity index (χ0n) is 8.29. The molecule has 0 saturated carbocycles. The van der Waals surface area contributed by atoms with Crippen LogP contribution in [0, 0.1) is 0 Å². The molecule has 1 aliphatic heterocycles. The quantitative estimate of drug-likeness (QED) is 0.722. The van der Waals surface area contributed by atoms with E-state index < -0.39 is 0 Å². The van der Waals surface area contributed by atoms with E-state index in [4.69, 9.17) is 5.73 Å². The van der Waals surface area contributed by atoms with Gasteiger partial charge in [0.25, 0.3) is 0 Å². The minimum absolute atomic E-state index is 0.346. The van der Waals surface area contributed by atoms with Crippen molar-refractivity contribution in [3.8, 4) is 0 Å². The summed E-state index contributed by atoms with van der Waals surface area (Å²) in [4.78, 5) is 13.2. The lowest BCUT2D eigenvalue weighted by Gasteiger charge is -2.27. The highest BCUT2D eigenvalue weighted by atomic mass is 16.1. The third-order valence-corrected chi connectivity index (χ3v) is 2.71. The number of nitrogens with two attached hydrogens (primary N) is 1. The number of aryl methyl sites for hydroxylation is 1. The Morgan fingerprint density at radius 1 is 1.50 bits per heavy atom. The van der Waals surface area contributed by atoms with Crippen molar-refractivity contribution in [1.29, 1.82) is 0 Å². The van der Waals surface area contributed by atoms with E-state index in [1.54, 1.807) is 6.07 Å². The Kier molecular flexibility index (Phi) is 2.15. The van der Waals surface area contributed by atoms with E-state index in [0.717, 1.165) is 19.4 Å². The molecule has 1 aromatic rings. The fraction of sp³-hybridized carbons (Fsp3) is 0.364. The minimum atomic E-state index is -0.346. The second kappa shape index (κ2) is 3.33. The molecule has 3 heteroatoms. The number of fused-ring (bicyclic) bond motifs is 1. The highest BCUT2D eigenvalue weighted by molar-refractivity contribution is 5.93. The van der Waals surface area contributed by atoms with Gasteiger partial charge in [0.1, 0.15) is 0 Å². The fourth-order valence-electron chi connectivity index (χ4n) is 1.94. The van der Waals surface area contributed by atoms with E-state index >= 15 is 0 Å². The lowest BCUT2D eigenvalue weighted by atomic mass is 9.99. The van der Waals surface area contributed by atoms with Gasteiger partial charge >= 0.3 is 0 Å². The Hall–Kier alpha value is -1.51. The number of rotatable bonds is 1. The Labute approximate surface area is 83.5 Å². The maximum Gasteiger partial charge on any atom is 0.248 e. The molecule has 0 bridgehead atoms. The standard InChI is InChI=1S/C11H14N2O/c1-13-6-2-3-8-7-9(11(12)14)4-5-10(8)13/h4-5,7H,2-3,6H2,1H3,(H2,12,14). The first-order chi connectivity index (χ1) is 6.68. The summed E-state index contributed by atoms with van der Waals surface area (Å²) in [7, 11) is 2.07. The number of amides is 1. The average Bonchev–Trinajstić information content (AvgIpc) is 2.17. The smallest absolute Gasteiger partial charge is 0.248 e. The summed E-state index contributed by atoms with van der Waals surface area (Å²) < 4.78 is 0. The van der Waals surface area contributed by atoms with Gasteiger partial charge in [-0.05, 0) is 36.6 Å². The monoisotopic (exact) mass is 190 g/mol. The molecule has 2 N–H and O–H groups in total. The van der Waals surface area contributed by atoms with E-state index in [-0.39, 0.29) is 5.91 Å². The number of benzene rings is 1. The molecule has 0 saturated heterocycles. The SMILES string of the molecule is CN1CCCc2cc(C(N)=O)ccc21. The number of hydrogen-bond donors (Lipinski definition) is 1. The van der Waals surface area contributed by atoms with Crippen molar-refractivity contribution in [3.63, 3.8) is 0 Å². The van der Waals surface area contributed by atoms with Crippen LogP contribution in [0.4, 0.5) is 5.69 Å². The maximum atomic E-state index is 11.0. The summed E-state index contributed by atoms with van der Waals surface area (Å²) in [6, 6.07) is 5.69. The van der Waals surface area contributed by atoms with E-state index in [0.29, 0.717) is 5.56 Å². The number of primary amides is 1. The molecule has 0 aliphatic carbocycles. The van der Waals surface area contributed by atoms with Gasteiger partial charge in [-0.1, -0.05) is 0 Å². The number of carbonyl (C=O) groups is 1. The van der Waals surface area contributed by atoms with Crippen LogP contribution in [0.15, 0.2) is 18.2 Å². The molecule has 2 rings (SSSR count). The Morgan fingerprint density at radius 2 is 2.29 bits per heavy atom. The van der Waals surface area contributed by atoms with Crippen LogP contribution in [-0.4, -0.2) is 19.5 Å². The Morgan fingerprint density at radius 3 is 3.00 bits per heavy atom. The number of hydrogen-bond acceptors (Lipinski definition) is 2. The predicted octanol–water partition coefficient (Wildman–Crippen LogP) is 1.17. The van der Waals surface area contributed by atoms with Crippen LogP contribution in [-0.2, 0) is 6.42 Å². The minimum Gasteiger partial charge on any atom is -0.374 e. The van der Waals surface area contributed by atoms with Gasteiger partial charge in [0.15, 0.2) is 0 Å². The molecule has 0 atom stereocenters. The van der Waals surface area contributed by atoms with Crippen molar-refractivity contribution < 1.29 is 4.79 Å². The molecule has 0 fully saturated rings. The normalized spacial score (nSPS) is 15.1. The largest absolute Gasteiger partial charge is 0.374 e. The molecule has 0 spiro atoms. The molecule has 14 heavy (non-hydrogen) atoms. The second-order valence-corrected chi connectivity index (χ2v) is 3.73. The molecular formula is C11H14N2O. The first-order valence-corrected chi connectivity index (χ1v) is 4.82. The van der Waals surface area contributed by atoms with Gasteiger partial charge in [-0.25, -0.2) is 0 Å². The molecule has 74 valence electrons. The Bertz CT molecular complexity index is 374. The third-order valence-electron chi connectivity index (χ3n) is 2.71. The average molecular weight is 190 g/mol. The molecule has 0 aromatic heterocycles. The first kappa shape index (κ1) is 9.06. The lowest BCUT2D eigenvalue weighted by Crippen LogP contribution is -2.25. The zero-order chi connectivity index (χ0) is 10.1. The van der Waals surface area contributed by atoms with Gasteiger partial charge in [-0.3, -0.25) is 4.79 Å². The number of anilines is 1. The third kappa shape index (κ3) is 1.45. The van der Waals surface area contributed by atoms with E-state index in [2.05, 4.69) is 11.9 Å². The van der Waals surface area contributed by atoms with Crippen LogP contribution in [0.1, 0.15) is 22.3 Å². The van der Waals surface area contributed by atoms with Crippen LogP contribution < -0.4 is 10.6 Å². The number of carbonyl (C=O) groups excluding carboxylic acids is 1. The van der Waals surface area contributed by atoms with E-state index in [1.165, 1.54) is 11.3 Å². The zero-order valence-corrected chi connectivity index (χ0v) is 8.29. The molecule has 1 aromatic carbocycles. The van der Waals surface area contributed by atoms with Gasteiger partial charge in [-0.2, -0.15) is 0 Å². The van der Waals surface area contributed by atoms with Crippen molar-refractivity contribution in [2.24, 2.45) is 5.73 Å². The molecule has 1 amide bonds. The molecule has 1 heterocycles. The van der Waals surface area contributed by atoms with Crippen LogP contribution in [0.5, 0.6) is 0 Å². The van der Waals surface area contributed by atoms with Crippen LogP contribution in [0.3, 0.4) is 0 Å².